The zero-order valence-corrected chi connectivity index (χ0v) is 17.5. The third-order valence-electron chi connectivity index (χ3n) is 6.57. The summed E-state index contributed by atoms with van der Waals surface area (Å²) in [6, 6.07) is 0. The van der Waals surface area contributed by atoms with E-state index in [0.717, 1.165) is 0 Å². The van der Waals surface area contributed by atoms with Gasteiger partial charge in [0.1, 0.15) is 0 Å². The first-order valence-corrected chi connectivity index (χ1v) is 10.4. The molecule has 0 N–H and O–H groups in total. The van der Waals surface area contributed by atoms with Crippen LogP contribution in [0.4, 0.5) is 0 Å². The third-order valence-corrected chi connectivity index (χ3v) is 10.7. The van der Waals surface area contributed by atoms with Crippen LogP contribution in [0.1, 0.15) is 55.4 Å². The Morgan fingerprint density at radius 3 is 1.09 bits per heavy atom. The quantitative estimate of drug-likeness (QED) is 0.641. The van der Waals surface area contributed by atoms with Gasteiger partial charge in [-0.05, 0) is 74.2 Å². The molecule has 0 spiro atoms. The molecule has 23 heavy (non-hydrogen) atoms. The highest BCUT2D eigenvalue weighted by molar-refractivity contribution is 6.82. The molecular formula is C20H32O2Si. The Labute approximate surface area is 143 Å². The summed E-state index contributed by atoms with van der Waals surface area (Å²) >= 11 is 0. The van der Waals surface area contributed by atoms with Gasteiger partial charge >= 0.3 is 8.56 Å². The second-order valence-electron chi connectivity index (χ2n) is 7.16. The largest absolute Gasteiger partial charge is 0.400 e. The van der Waals surface area contributed by atoms with Gasteiger partial charge in [0.25, 0.3) is 0 Å². The van der Waals surface area contributed by atoms with Gasteiger partial charge in [-0.2, -0.15) is 0 Å². The fourth-order valence-electron chi connectivity index (χ4n) is 4.46. The molecule has 2 nitrogen and oxygen atoms in total. The summed E-state index contributed by atoms with van der Waals surface area (Å²) in [7, 11) is 1.05. The van der Waals surface area contributed by atoms with Crippen molar-refractivity contribution in [3.8, 4) is 0 Å². The summed E-state index contributed by atoms with van der Waals surface area (Å²) in [5.74, 6) is 0.797. The zero-order valence-electron chi connectivity index (χ0n) is 16.5. The number of hydrogen-bond acceptors (Lipinski definition) is 2. The zero-order chi connectivity index (χ0) is 17.7. The van der Waals surface area contributed by atoms with Gasteiger partial charge in [0.2, 0.25) is 0 Å². The first-order valence-electron chi connectivity index (χ1n) is 8.53. The van der Waals surface area contributed by atoms with E-state index < -0.39 is 8.56 Å². The van der Waals surface area contributed by atoms with Crippen LogP contribution in [0.3, 0.4) is 0 Å². The summed E-state index contributed by atoms with van der Waals surface area (Å²) in [6.07, 6.45) is 0. The number of hydrogen-bond donors (Lipinski definition) is 0. The van der Waals surface area contributed by atoms with E-state index in [9.17, 15) is 0 Å². The molecule has 0 saturated heterocycles. The molecule has 0 bridgehead atoms. The van der Waals surface area contributed by atoms with Gasteiger partial charge in [0, 0.05) is 26.1 Å². The Balaban J connectivity index is 2.70. The summed E-state index contributed by atoms with van der Waals surface area (Å²) in [5, 5.41) is 2.81. The molecule has 0 fully saturated rings. The SMILES string of the molecule is CO[Si](OC)(C1=C(C)C(C)=C(C)C1C)C1=C(C)C(C)=C(C)C1C. The molecule has 2 aliphatic rings. The van der Waals surface area contributed by atoms with Crippen molar-refractivity contribution in [3.63, 3.8) is 0 Å². The predicted octanol–water partition coefficient (Wildman–Crippen LogP) is 5.41. The van der Waals surface area contributed by atoms with Gasteiger partial charge in [-0.15, -0.1) is 0 Å². The lowest BCUT2D eigenvalue weighted by Gasteiger charge is -2.36. The van der Waals surface area contributed by atoms with Crippen LogP contribution in [0, 0.1) is 11.8 Å². The molecule has 2 aliphatic carbocycles. The predicted molar refractivity (Wildman–Crippen MR) is 100 cm³/mol. The standard InChI is InChI=1S/C20H32O2Si/c1-11-12(2)16(6)19(15(11)5)23(21-9,22-10)20-17(7)13(3)14(4)18(20)8/h15,17H,1-10H3. The molecule has 3 heteroatoms. The van der Waals surface area contributed by atoms with E-state index in [1.807, 2.05) is 14.2 Å². The lowest BCUT2D eigenvalue weighted by atomic mass is 10.0. The van der Waals surface area contributed by atoms with E-state index >= 15 is 0 Å². The monoisotopic (exact) mass is 332 g/mol. The fraction of sp³-hybridized carbons (Fsp3) is 0.600. The van der Waals surface area contributed by atoms with Crippen molar-refractivity contribution in [3.05, 3.63) is 43.8 Å². The maximum atomic E-state index is 6.28. The Morgan fingerprint density at radius 1 is 0.609 bits per heavy atom. The molecular weight excluding hydrogens is 300 g/mol. The van der Waals surface area contributed by atoms with Crippen molar-refractivity contribution < 1.29 is 8.85 Å². The fourth-order valence-corrected chi connectivity index (χ4v) is 8.73. The van der Waals surface area contributed by atoms with Gasteiger partial charge in [-0.25, -0.2) is 0 Å². The molecule has 0 amide bonds. The minimum atomic E-state index is -2.62. The van der Waals surface area contributed by atoms with Crippen molar-refractivity contribution >= 4 is 8.56 Å². The minimum absolute atomic E-state index is 0.398. The molecule has 0 aromatic rings. The summed E-state index contributed by atoms with van der Waals surface area (Å²) in [6.45, 7) is 18.0. The van der Waals surface area contributed by atoms with E-state index in [0.29, 0.717) is 11.8 Å². The molecule has 2 rings (SSSR count). The van der Waals surface area contributed by atoms with Crippen LogP contribution >= 0.6 is 0 Å². The molecule has 2 atom stereocenters. The molecule has 0 aromatic carbocycles. The maximum Gasteiger partial charge on any atom is 0.400 e. The normalized spacial score (nSPS) is 26.3. The van der Waals surface area contributed by atoms with E-state index in [1.165, 1.54) is 43.8 Å². The van der Waals surface area contributed by atoms with E-state index in [4.69, 9.17) is 8.85 Å². The van der Waals surface area contributed by atoms with Gasteiger partial charge in [-0.1, -0.05) is 25.0 Å². The highest BCUT2D eigenvalue weighted by Crippen LogP contribution is 2.49. The topological polar surface area (TPSA) is 18.5 Å². The molecule has 0 radical (unpaired) electrons. The van der Waals surface area contributed by atoms with Gasteiger partial charge in [0.05, 0.1) is 0 Å². The summed E-state index contributed by atoms with van der Waals surface area (Å²) < 4.78 is 12.6. The van der Waals surface area contributed by atoms with Crippen molar-refractivity contribution in [2.45, 2.75) is 55.4 Å². The Hall–Kier alpha value is -0.903. The molecule has 2 unspecified atom stereocenters. The van der Waals surface area contributed by atoms with Crippen molar-refractivity contribution in [2.24, 2.45) is 11.8 Å². The van der Waals surface area contributed by atoms with Crippen LogP contribution in [0.5, 0.6) is 0 Å². The Kier molecular flexibility index (Phi) is 4.96. The molecule has 0 aromatic heterocycles. The van der Waals surface area contributed by atoms with Crippen LogP contribution in [-0.4, -0.2) is 22.8 Å². The van der Waals surface area contributed by atoms with E-state index in [-0.39, 0.29) is 0 Å². The minimum Gasteiger partial charge on any atom is -0.391 e. The first kappa shape index (κ1) is 18.4. The third kappa shape index (κ3) is 2.36. The number of allylic oxidation sites excluding steroid dienone is 8. The van der Waals surface area contributed by atoms with E-state index in [2.05, 4.69) is 55.4 Å². The maximum absolute atomic E-state index is 6.28. The summed E-state index contributed by atoms with van der Waals surface area (Å²) in [5.41, 5.74) is 8.47. The van der Waals surface area contributed by atoms with Crippen molar-refractivity contribution in [1.29, 1.82) is 0 Å². The van der Waals surface area contributed by atoms with Crippen LogP contribution < -0.4 is 0 Å². The second-order valence-corrected chi connectivity index (χ2v) is 10.3. The molecule has 0 aliphatic heterocycles. The molecule has 0 saturated carbocycles. The van der Waals surface area contributed by atoms with Crippen LogP contribution in [-0.2, 0) is 8.85 Å². The van der Waals surface area contributed by atoms with Crippen molar-refractivity contribution in [1.82, 2.24) is 0 Å². The molecule has 0 heterocycles. The lowest BCUT2D eigenvalue weighted by molar-refractivity contribution is 0.255. The second kappa shape index (κ2) is 6.19. The van der Waals surface area contributed by atoms with Crippen LogP contribution in [0.15, 0.2) is 43.8 Å². The first-order chi connectivity index (χ1) is 10.7. The van der Waals surface area contributed by atoms with Gasteiger partial charge in [0.15, 0.2) is 0 Å². The molecule has 128 valence electrons. The smallest absolute Gasteiger partial charge is 0.391 e. The van der Waals surface area contributed by atoms with Crippen LogP contribution in [0.2, 0.25) is 0 Å². The van der Waals surface area contributed by atoms with Gasteiger partial charge in [-0.3, -0.25) is 0 Å². The van der Waals surface area contributed by atoms with Gasteiger partial charge < -0.3 is 8.85 Å². The van der Waals surface area contributed by atoms with E-state index in [1.54, 1.807) is 0 Å². The number of rotatable bonds is 4. The van der Waals surface area contributed by atoms with Crippen LogP contribution in [0.25, 0.3) is 0 Å². The Bertz CT molecular complexity index is 603. The lowest BCUT2D eigenvalue weighted by Crippen LogP contribution is -2.49. The highest BCUT2D eigenvalue weighted by atomic mass is 28.4. The summed E-state index contributed by atoms with van der Waals surface area (Å²) in [4.78, 5) is 0. The average molecular weight is 333 g/mol. The van der Waals surface area contributed by atoms with Crippen molar-refractivity contribution in [2.75, 3.05) is 14.2 Å². The average Bonchev–Trinajstić information content (AvgIpc) is 2.85. The Morgan fingerprint density at radius 2 is 0.913 bits per heavy atom. The highest BCUT2D eigenvalue weighted by Gasteiger charge is 2.53.